The van der Waals surface area contributed by atoms with E-state index in [4.69, 9.17) is 9.47 Å². The predicted molar refractivity (Wildman–Crippen MR) is 80.6 cm³/mol. The molecular formula is C15H13FN2O5. The minimum atomic E-state index is -0.680. The molecule has 0 spiro atoms. The van der Waals surface area contributed by atoms with Crippen LogP contribution in [0.2, 0.25) is 0 Å². The summed E-state index contributed by atoms with van der Waals surface area (Å²) in [5.74, 6) is -0.880. The number of nitro groups is 1. The van der Waals surface area contributed by atoms with Gasteiger partial charge in [-0.2, -0.15) is 0 Å². The van der Waals surface area contributed by atoms with E-state index in [0.717, 1.165) is 18.2 Å². The lowest BCUT2D eigenvalue weighted by Gasteiger charge is -2.12. The SMILES string of the molecule is COc1ccc([N+](=O)[O-])cc1NC(=O)c1cc(F)ccc1OC. The quantitative estimate of drug-likeness (QED) is 0.675. The second-order valence-corrected chi connectivity index (χ2v) is 4.44. The van der Waals surface area contributed by atoms with Gasteiger partial charge in [-0.05, 0) is 24.3 Å². The summed E-state index contributed by atoms with van der Waals surface area (Å²) in [6.45, 7) is 0. The monoisotopic (exact) mass is 320 g/mol. The van der Waals surface area contributed by atoms with Crippen molar-refractivity contribution in [3.8, 4) is 11.5 Å². The summed E-state index contributed by atoms with van der Waals surface area (Å²) in [6, 6.07) is 7.24. The van der Waals surface area contributed by atoms with Crippen LogP contribution in [0, 0.1) is 15.9 Å². The fourth-order valence-electron chi connectivity index (χ4n) is 1.95. The van der Waals surface area contributed by atoms with Crippen molar-refractivity contribution in [3.63, 3.8) is 0 Å². The number of ether oxygens (including phenoxy) is 2. The van der Waals surface area contributed by atoms with Gasteiger partial charge < -0.3 is 14.8 Å². The van der Waals surface area contributed by atoms with Crippen molar-refractivity contribution in [3.05, 3.63) is 57.9 Å². The number of nitro benzene ring substituents is 1. The number of nitrogens with zero attached hydrogens (tertiary/aromatic N) is 1. The van der Waals surface area contributed by atoms with E-state index in [1.807, 2.05) is 0 Å². The van der Waals surface area contributed by atoms with E-state index in [1.54, 1.807) is 0 Å². The van der Waals surface area contributed by atoms with Gasteiger partial charge >= 0.3 is 0 Å². The topological polar surface area (TPSA) is 90.7 Å². The summed E-state index contributed by atoms with van der Waals surface area (Å²) in [7, 11) is 2.71. The molecule has 120 valence electrons. The largest absolute Gasteiger partial charge is 0.496 e. The first-order chi connectivity index (χ1) is 11.0. The van der Waals surface area contributed by atoms with E-state index in [0.29, 0.717) is 0 Å². The average Bonchev–Trinajstić information content (AvgIpc) is 2.54. The fraction of sp³-hybridized carbons (Fsp3) is 0.133. The third kappa shape index (κ3) is 3.54. The number of amides is 1. The van der Waals surface area contributed by atoms with Crippen LogP contribution in [0.4, 0.5) is 15.8 Å². The average molecular weight is 320 g/mol. The highest BCUT2D eigenvalue weighted by Crippen LogP contribution is 2.30. The molecule has 0 atom stereocenters. The van der Waals surface area contributed by atoms with Crippen molar-refractivity contribution in [2.75, 3.05) is 19.5 Å². The number of benzene rings is 2. The maximum Gasteiger partial charge on any atom is 0.271 e. The van der Waals surface area contributed by atoms with Crippen LogP contribution in [0.1, 0.15) is 10.4 Å². The van der Waals surface area contributed by atoms with E-state index in [9.17, 15) is 19.3 Å². The Morgan fingerprint density at radius 3 is 2.39 bits per heavy atom. The van der Waals surface area contributed by atoms with Crippen molar-refractivity contribution in [2.24, 2.45) is 0 Å². The van der Waals surface area contributed by atoms with Crippen molar-refractivity contribution in [1.29, 1.82) is 0 Å². The van der Waals surface area contributed by atoms with Gasteiger partial charge in [-0.1, -0.05) is 0 Å². The molecule has 0 aromatic heterocycles. The molecule has 0 heterocycles. The van der Waals surface area contributed by atoms with Gasteiger partial charge in [0.2, 0.25) is 0 Å². The normalized spacial score (nSPS) is 10.0. The van der Waals surface area contributed by atoms with Gasteiger partial charge in [0.05, 0.1) is 30.4 Å². The highest BCUT2D eigenvalue weighted by Gasteiger charge is 2.18. The van der Waals surface area contributed by atoms with Crippen LogP contribution in [-0.2, 0) is 0 Å². The van der Waals surface area contributed by atoms with E-state index in [2.05, 4.69) is 5.32 Å². The summed E-state index contributed by atoms with van der Waals surface area (Å²) < 4.78 is 23.4. The molecule has 0 saturated heterocycles. The zero-order chi connectivity index (χ0) is 17.0. The molecule has 2 aromatic carbocycles. The number of non-ortho nitro benzene ring substituents is 1. The summed E-state index contributed by atoms with van der Waals surface area (Å²) in [5.41, 5.74) is -0.161. The second-order valence-electron chi connectivity index (χ2n) is 4.44. The predicted octanol–water partition coefficient (Wildman–Crippen LogP) is 3.00. The molecule has 23 heavy (non-hydrogen) atoms. The number of hydrogen-bond acceptors (Lipinski definition) is 5. The number of anilines is 1. The highest BCUT2D eigenvalue weighted by molar-refractivity contribution is 6.07. The van der Waals surface area contributed by atoms with Crippen LogP contribution in [0.3, 0.4) is 0 Å². The molecule has 1 amide bonds. The van der Waals surface area contributed by atoms with Crippen molar-refractivity contribution >= 4 is 17.3 Å². The fourth-order valence-corrected chi connectivity index (χ4v) is 1.95. The number of halogens is 1. The van der Waals surface area contributed by atoms with Gasteiger partial charge in [-0.3, -0.25) is 14.9 Å². The van der Waals surface area contributed by atoms with Gasteiger partial charge in [-0.25, -0.2) is 4.39 Å². The first-order valence-corrected chi connectivity index (χ1v) is 6.43. The minimum absolute atomic E-state index is 0.0407. The smallest absolute Gasteiger partial charge is 0.271 e. The Hall–Kier alpha value is -3.16. The molecule has 1 N–H and O–H groups in total. The molecule has 7 nitrogen and oxygen atoms in total. The van der Waals surface area contributed by atoms with Gasteiger partial charge in [-0.15, -0.1) is 0 Å². The molecule has 0 aliphatic carbocycles. The first kappa shape index (κ1) is 16.2. The molecule has 0 saturated carbocycles. The number of carbonyl (C=O) groups excluding carboxylic acids is 1. The van der Waals surface area contributed by atoms with Crippen LogP contribution in [0.25, 0.3) is 0 Å². The molecule has 2 rings (SSSR count). The van der Waals surface area contributed by atoms with E-state index in [1.165, 1.54) is 32.4 Å². The number of hydrogen-bond donors (Lipinski definition) is 1. The van der Waals surface area contributed by atoms with Gasteiger partial charge in [0.15, 0.2) is 0 Å². The summed E-state index contributed by atoms with van der Waals surface area (Å²) in [4.78, 5) is 22.5. The summed E-state index contributed by atoms with van der Waals surface area (Å²) in [5, 5.41) is 13.3. The second kappa shape index (κ2) is 6.73. The highest BCUT2D eigenvalue weighted by atomic mass is 19.1. The third-order valence-electron chi connectivity index (χ3n) is 3.05. The van der Waals surface area contributed by atoms with Crippen molar-refractivity contribution < 1.29 is 23.6 Å². The Morgan fingerprint density at radius 2 is 1.78 bits per heavy atom. The molecule has 0 aliphatic rings. The molecule has 0 fully saturated rings. The molecular weight excluding hydrogens is 307 g/mol. The Morgan fingerprint density at radius 1 is 1.13 bits per heavy atom. The molecule has 0 bridgehead atoms. The summed E-state index contributed by atoms with van der Waals surface area (Å²) in [6.07, 6.45) is 0. The molecule has 0 radical (unpaired) electrons. The maximum absolute atomic E-state index is 13.3. The van der Waals surface area contributed by atoms with Crippen LogP contribution in [0.15, 0.2) is 36.4 Å². The Kier molecular flexibility index (Phi) is 4.75. The number of nitrogens with one attached hydrogen (secondary N) is 1. The summed E-state index contributed by atoms with van der Waals surface area (Å²) >= 11 is 0. The van der Waals surface area contributed by atoms with Gasteiger partial charge in [0.25, 0.3) is 11.6 Å². The molecule has 2 aromatic rings. The Bertz CT molecular complexity index is 764. The van der Waals surface area contributed by atoms with Crippen molar-refractivity contribution in [2.45, 2.75) is 0 Å². The molecule has 8 heteroatoms. The number of methoxy groups -OCH3 is 2. The van der Waals surface area contributed by atoms with Crippen molar-refractivity contribution in [1.82, 2.24) is 0 Å². The molecule has 0 aliphatic heterocycles. The zero-order valence-corrected chi connectivity index (χ0v) is 12.3. The van der Waals surface area contributed by atoms with Gasteiger partial charge in [0, 0.05) is 12.1 Å². The van der Waals surface area contributed by atoms with Crippen LogP contribution >= 0.6 is 0 Å². The Balaban J connectivity index is 2.38. The lowest BCUT2D eigenvalue weighted by molar-refractivity contribution is -0.384. The van der Waals surface area contributed by atoms with E-state index in [-0.39, 0.29) is 28.4 Å². The van der Waals surface area contributed by atoms with E-state index < -0.39 is 16.6 Å². The van der Waals surface area contributed by atoms with Crippen LogP contribution in [-0.4, -0.2) is 25.1 Å². The van der Waals surface area contributed by atoms with Crippen LogP contribution in [0.5, 0.6) is 11.5 Å². The number of carbonyl (C=O) groups is 1. The lowest BCUT2D eigenvalue weighted by atomic mass is 10.1. The molecule has 0 unspecified atom stereocenters. The lowest BCUT2D eigenvalue weighted by Crippen LogP contribution is -2.14. The first-order valence-electron chi connectivity index (χ1n) is 6.43. The van der Waals surface area contributed by atoms with E-state index >= 15 is 0 Å². The van der Waals surface area contributed by atoms with Gasteiger partial charge in [0.1, 0.15) is 17.3 Å². The number of rotatable bonds is 5. The minimum Gasteiger partial charge on any atom is -0.496 e. The standard InChI is InChI=1S/C15H13FN2O5/c1-22-13-5-3-9(16)7-11(13)15(19)17-12-8-10(18(20)21)4-6-14(12)23-2/h3-8H,1-2H3,(H,17,19). The zero-order valence-electron chi connectivity index (χ0n) is 12.3. The maximum atomic E-state index is 13.3. The third-order valence-corrected chi connectivity index (χ3v) is 3.05. The Labute approximate surface area is 130 Å². The van der Waals surface area contributed by atoms with Crippen LogP contribution < -0.4 is 14.8 Å².